The van der Waals surface area contributed by atoms with Crippen molar-refractivity contribution in [1.29, 1.82) is 0 Å². The van der Waals surface area contributed by atoms with E-state index in [1.165, 1.54) is 5.56 Å². The maximum Gasteiger partial charge on any atom is 0.223 e. The Morgan fingerprint density at radius 2 is 2.00 bits per heavy atom. The third-order valence-electron chi connectivity index (χ3n) is 4.04. The fraction of sp³-hybridized carbons (Fsp3) is 0.316. The zero-order valence-electron chi connectivity index (χ0n) is 12.9. The quantitative estimate of drug-likeness (QED) is 0.740. The molecule has 0 saturated heterocycles. The molecular formula is C19H20BrNO2. The molecular weight excluding hydrogens is 354 g/mol. The largest absolute Gasteiger partial charge is 0.494 e. The highest BCUT2D eigenvalue weighted by Gasteiger charge is 2.43. The van der Waals surface area contributed by atoms with E-state index in [1.54, 1.807) is 0 Å². The molecule has 1 N–H and O–H groups in total. The summed E-state index contributed by atoms with van der Waals surface area (Å²) in [6, 6.07) is 18.0. The van der Waals surface area contributed by atoms with Crippen molar-refractivity contribution in [3.05, 3.63) is 64.6 Å². The first kappa shape index (κ1) is 16.1. The van der Waals surface area contributed by atoms with E-state index in [1.807, 2.05) is 42.5 Å². The van der Waals surface area contributed by atoms with Gasteiger partial charge < -0.3 is 10.1 Å². The molecule has 2 aromatic rings. The molecule has 1 saturated carbocycles. The van der Waals surface area contributed by atoms with E-state index in [9.17, 15) is 4.79 Å². The van der Waals surface area contributed by atoms with Gasteiger partial charge in [-0.2, -0.15) is 0 Å². The van der Waals surface area contributed by atoms with Gasteiger partial charge in [-0.25, -0.2) is 0 Å². The van der Waals surface area contributed by atoms with Gasteiger partial charge in [0.2, 0.25) is 5.91 Å². The molecule has 0 spiro atoms. The first-order valence-corrected chi connectivity index (χ1v) is 8.74. The summed E-state index contributed by atoms with van der Waals surface area (Å²) in [5.41, 5.74) is 1.24. The van der Waals surface area contributed by atoms with Gasteiger partial charge in [-0.1, -0.05) is 46.3 Å². The number of carbonyl (C=O) groups excluding carboxylic acids is 1. The lowest BCUT2D eigenvalue weighted by Crippen LogP contribution is -2.27. The van der Waals surface area contributed by atoms with Gasteiger partial charge in [0.25, 0.3) is 0 Å². The SMILES string of the molecule is O=C(NCCCOc1ccccc1)C1CC1c1cccc(Br)c1. The van der Waals surface area contributed by atoms with Crippen LogP contribution in [0.4, 0.5) is 0 Å². The Bertz CT molecular complexity index is 659. The van der Waals surface area contributed by atoms with Crippen LogP contribution in [-0.4, -0.2) is 19.1 Å². The van der Waals surface area contributed by atoms with Crippen LogP contribution in [0.2, 0.25) is 0 Å². The Morgan fingerprint density at radius 1 is 1.17 bits per heavy atom. The predicted octanol–water partition coefficient (Wildman–Crippen LogP) is 4.14. The molecule has 0 radical (unpaired) electrons. The normalized spacial score (nSPS) is 19.2. The molecule has 0 aliphatic heterocycles. The van der Waals surface area contributed by atoms with Gasteiger partial charge in [0, 0.05) is 16.9 Å². The van der Waals surface area contributed by atoms with E-state index >= 15 is 0 Å². The summed E-state index contributed by atoms with van der Waals surface area (Å²) < 4.78 is 6.68. The van der Waals surface area contributed by atoms with Crippen molar-refractivity contribution in [2.24, 2.45) is 5.92 Å². The second kappa shape index (κ2) is 7.64. The molecule has 3 nitrogen and oxygen atoms in total. The minimum Gasteiger partial charge on any atom is -0.494 e. The van der Waals surface area contributed by atoms with E-state index < -0.39 is 0 Å². The van der Waals surface area contributed by atoms with E-state index in [4.69, 9.17) is 4.74 Å². The summed E-state index contributed by atoms with van der Waals surface area (Å²) in [5, 5.41) is 3.01. The van der Waals surface area contributed by atoms with Gasteiger partial charge in [-0.05, 0) is 48.6 Å². The third-order valence-corrected chi connectivity index (χ3v) is 4.53. The third kappa shape index (κ3) is 4.58. The Balaban J connectivity index is 1.35. The van der Waals surface area contributed by atoms with Crippen LogP contribution in [0.5, 0.6) is 5.75 Å². The highest BCUT2D eigenvalue weighted by Crippen LogP contribution is 2.47. The molecule has 0 bridgehead atoms. The monoisotopic (exact) mass is 373 g/mol. The number of nitrogens with one attached hydrogen (secondary N) is 1. The van der Waals surface area contributed by atoms with Crippen molar-refractivity contribution in [1.82, 2.24) is 5.32 Å². The molecule has 23 heavy (non-hydrogen) atoms. The average Bonchev–Trinajstić information content (AvgIpc) is 3.36. The topological polar surface area (TPSA) is 38.3 Å². The van der Waals surface area contributed by atoms with E-state index in [0.29, 0.717) is 19.1 Å². The van der Waals surface area contributed by atoms with Crippen LogP contribution in [0.1, 0.15) is 24.3 Å². The van der Waals surface area contributed by atoms with Gasteiger partial charge in [0.15, 0.2) is 0 Å². The number of amides is 1. The van der Waals surface area contributed by atoms with Gasteiger partial charge >= 0.3 is 0 Å². The van der Waals surface area contributed by atoms with Crippen LogP contribution in [0.25, 0.3) is 0 Å². The van der Waals surface area contributed by atoms with Crippen LogP contribution < -0.4 is 10.1 Å². The van der Waals surface area contributed by atoms with Crippen molar-refractivity contribution in [3.8, 4) is 5.75 Å². The van der Waals surface area contributed by atoms with Crippen LogP contribution >= 0.6 is 15.9 Å². The summed E-state index contributed by atoms with van der Waals surface area (Å²) in [5.74, 6) is 1.53. The zero-order chi connectivity index (χ0) is 16.1. The molecule has 1 amide bonds. The molecule has 120 valence electrons. The fourth-order valence-corrected chi connectivity index (χ4v) is 3.13. The predicted molar refractivity (Wildman–Crippen MR) is 94.6 cm³/mol. The van der Waals surface area contributed by atoms with E-state index in [2.05, 4.69) is 33.4 Å². The number of rotatable bonds is 7. The number of ether oxygens (including phenoxy) is 1. The number of halogens is 1. The summed E-state index contributed by atoms with van der Waals surface area (Å²) in [7, 11) is 0. The molecule has 1 aliphatic carbocycles. The van der Waals surface area contributed by atoms with Crippen LogP contribution in [-0.2, 0) is 4.79 Å². The van der Waals surface area contributed by atoms with Crippen LogP contribution in [0, 0.1) is 5.92 Å². The standard InChI is InChI=1S/C19H20BrNO2/c20-15-7-4-6-14(12-15)17-13-18(17)19(22)21-10-5-11-23-16-8-2-1-3-9-16/h1-4,6-9,12,17-18H,5,10-11,13H2,(H,21,22). The van der Waals surface area contributed by atoms with Crippen molar-refractivity contribution < 1.29 is 9.53 Å². The Kier molecular flexibility index (Phi) is 5.34. The molecule has 2 aromatic carbocycles. The summed E-state index contributed by atoms with van der Waals surface area (Å²) in [6.07, 6.45) is 1.76. The molecule has 2 atom stereocenters. The van der Waals surface area contributed by atoms with E-state index in [-0.39, 0.29) is 11.8 Å². The van der Waals surface area contributed by atoms with Crippen molar-refractivity contribution in [3.63, 3.8) is 0 Å². The smallest absolute Gasteiger partial charge is 0.223 e. The highest BCUT2D eigenvalue weighted by atomic mass is 79.9. The first-order chi connectivity index (χ1) is 11.2. The minimum atomic E-state index is 0.124. The van der Waals surface area contributed by atoms with Gasteiger partial charge in [-0.3, -0.25) is 4.79 Å². The zero-order valence-corrected chi connectivity index (χ0v) is 14.5. The fourth-order valence-electron chi connectivity index (χ4n) is 2.71. The van der Waals surface area contributed by atoms with Crippen molar-refractivity contribution in [2.75, 3.05) is 13.2 Å². The van der Waals surface area contributed by atoms with E-state index in [0.717, 1.165) is 23.1 Å². The molecule has 2 unspecified atom stereocenters. The molecule has 1 aliphatic rings. The Morgan fingerprint density at radius 3 is 2.78 bits per heavy atom. The molecule has 0 aromatic heterocycles. The highest BCUT2D eigenvalue weighted by molar-refractivity contribution is 9.10. The Labute approximate surface area is 145 Å². The number of benzene rings is 2. The van der Waals surface area contributed by atoms with Crippen LogP contribution in [0.15, 0.2) is 59.1 Å². The lowest BCUT2D eigenvalue weighted by Gasteiger charge is -2.07. The van der Waals surface area contributed by atoms with Crippen LogP contribution in [0.3, 0.4) is 0 Å². The number of hydrogen-bond donors (Lipinski definition) is 1. The first-order valence-electron chi connectivity index (χ1n) is 7.95. The lowest BCUT2D eigenvalue weighted by molar-refractivity contribution is -0.122. The van der Waals surface area contributed by atoms with Crippen molar-refractivity contribution in [2.45, 2.75) is 18.8 Å². The molecule has 4 heteroatoms. The molecule has 1 fully saturated rings. The lowest BCUT2D eigenvalue weighted by atomic mass is 10.1. The van der Waals surface area contributed by atoms with Gasteiger partial charge in [0.05, 0.1) is 6.61 Å². The second-order valence-electron chi connectivity index (χ2n) is 5.81. The minimum absolute atomic E-state index is 0.124. The number of carbonyl (C=O) groups is 1. The number of para-hydroxylation sites is 1. The van der Waals surface area contributed by atoms with Crippen molar-refractivity contribution >= 4 is 21.8 Å². The average molecular weight is 374 g/mol. The van der Waals surface area contributed by atoms with Gasteiger partial charge in [-0.15, -0.1) is 0 Å². The summed E-state index contributed by atoms with van der Waals surface area (Å²) >= 11 is 3.48. The van der Waals surface area contributed by atoms with Gasteiger partial charge in [0.1, 0.15) is 5.75 Å². The molecule has 3 rings (SSSR count). The maximum absolute atomic E-state index is 12.1. The molecule has 0 heterocycles. The maximum atomic E-state index is 12.1. The summed E-state index contributed by atoms with van der Waals surface area (Å²) in [6.45, 7) is 1.28. The summed E-state index contributed by atoms with van der Waals surface area (Å²) in [4.78, 5) is 12.1. The number of hydrogen-bond acceptors (Lipinski definition) is 2. The Hall–Kier alpha value is -1.81. The second-order valence-corrected chi connectivity index (χ2v) is 6.73.